The van der Waals surface area contributed by atoms with Crippen molar-refractivity contribution in [3.8, 4) is 0 Å². The van der Waals surface area contributed by atoms with Gasteiger partial charge in [0.2, 0.25) is 0 Å². The van der Waals surface area contributed by atoms with Crippen molar-refractivity contribution < 1.29 is 40.1 Å². The van der Waals surface area contributed by atoms with Gasteiger partial charge in [0, 0.05) is 25.9 Å². The number of nitrogens with zero attached hydrogens (tertiary/aromatic N) is 8. The van der Waals surface area contributed by atoms with Gasteiger partial charge in [-0.1, -0.05) is 0 Å². The van der Waals surface area contributed by atoms with Crippen LogP contribution < -0.4 is 10.6 Å². The molecule has 2 fully saturated rings. The number of aromatic nitrogens is 8. The lowest BCUT2D eigenvalue weighted by molar-refractivity contribution is -0.0432. The summed E-state index contributed by atoms with van der Waals surface area (Å²) in [6.45, 7) is -0.736. The summed E-state index contributed by atoms with van der Waals surface area (Å²) >= 11 is 0. The number of rotatable bonds is 11. The minimum Gasteiger partial charge on any atom is -0.394 e. The second-order valence-electron chi connectivity index (χ2n) is 10.2. The average molecular weight is 589 g/mol. The van der Waals surface area contributed by atoms with Gasteiger partial charge in [-0.05, 0) is 0 Å². The fraction of sp³-hybridized carbons (Fsp3) is 0.583. The van der Waals surface area contributed by atoms with E-state index in [1.807, 2.05) is 0 Å². The van der Waals surface area contributed by atoms with Crippen molar-refractivity contribution in [3.63, 3.8) is 0 Å². The van der Waals surface area contributed by atoms with Gasteiger partial charge in [-0.25, -0.2) is 29.9 Å². The van der Waals surface area contributed by atoms with Gasteiger partial charge < -0.3 is 50.7 Å². The first-order chi connectivity index (χ1) is 20.4. The van der Waals surface area contributed by atoms with Crippen LogP contribution in [-0.4, -0.2) is 133 Å². The highest BCUT2D eigenvalue weighted by Gasteiger charge is 2.36. The second kappa shape index (κ2) is 11.9. The third-order valence-corrected chi connectivity index (χ3v) is 7.51. The summed E-state index contributed by atoms with van der Waals surface area (Å²) in [5, 5.41) is 66.1. The first kappa shape index (κ1) is 28.5. The molecular weight excluding hydrogens is 556 g/mol. The summed E-state index contributed by atoms with van der Waals surface area (Å²) in [6.07, 6.45) is -0.353. The van der Waals surface area contributed by atoms with Crippen LogP contribution in [0.2, 0.25) is 0 Å². The first-order valence-corrected chi connectivity index (χ1v) is 13.5. The maximum absolute atomic E-state index is 10.6. The van der Waals surface area contributed by atoms with Gasteiger partial charge in [-0.3, -0.25) is 9.13 Å². The summed E-state index contributed by atoms with van der Waals surface area (Å²) in [5.74, 6) is 0.668. The number of hydrogen-bond acceptors (Lipinski definition) is 16. The second-order valence-corrected chi connectivity index (χ2v) is 10.2. The van der Waals surface area contributed by atoms with E-state index in [-0.39, 0.29) is 39.1 Å². The maximum Gasteiger partial charge on any atom is 0.167 e. The summed E-state index contributed by atoms with van der Waals surface area (Å²) in [5.41, 5.74) is 1.70. The number of imidazole rings is 2. The number of nitrogens with one attached hydrogen (secondary N) is 2. The standard InChI is InChI=1S/C24H32N10O8/c35-5-15-11(37)1-17(41-15)33-9-31-19-21(27-7-29-23(19)33)25-3-13(39)14(40)4-26-22-20-24(30-8-28-22)34(10-32-20)18-2-12(38)16(6-36)42-18/h7-18,35-40H,1-6H2,(H,25,27,29)(H,26,28,30)/t11-,12-,13+,14+,15+,16+,17+,18+/m0/s1. The Morgan fingerprint density at radius 1 is 0.714 bits per heavy atom. The normalized spacial score (nSPS) is 27.6. The molecule has 42 heavy (non-hydrogen) atoms. The number of aliphatic hydroxyl groups is 6. The van der Waals surface area contributed by atoms with Gasteiger partial charge in [0.05, 0.1) is 50.3 Å². The Labute approximate surface area is 237 Å². The molecule has 2 aliphatic rings. The summed E-state index contributed by atoms with van der Waals surface area (Å²) in [4.78, 5) is 25.6. The minimum atomic E-state index is -1.21. The van der Waals surface area contributed by atoms with E-state index in [1.54, 1.807) is 9.13 Å². The molecule has 0 spiro atoms. The monoisotopic (exact) mass is 588 g/mol. The number of fused-ring (bicyclic) bond motifs is 2. The average Bonchev–Trinajstić information content (AvgIpc) is 3.78. The molecule has 2 saturated heterocycles. The summed E-state index contributed by atoms with van der Waals surface area (Å²) in [7, 11) is 0. The van der Waals surface area contributed by atoms with Gasteiger partial charge in [0.1, 0.15) is 37.3 Å². The van der Waals surface area contributed by atoms with E-state index in [2.05, 4.69) is 40.5 Å². The Kier molecular flexibility index (Phi) is 8.10. The zero-order valence-electron chi connectivity index (χ0n) is 22.2. The smallest absolute Gasteiger partial charge is 0.167 e. The molecule has 18 heteroatoms. The van der Waals surface area contributed by atoms with E-state index in [0.29, 0.717) is 34.0 Å². The Morgan fingerprint density at radius 2 is 1.14 bits per heavy atom. The molecule has 8 atom stereocenters. The number of ether oxygens (including phenoxy) is 2. The van der Waals surface area contributed by atoms with Crippen LogP contribution in [0.15, 0.2) is 25.3 Å². The van der Waals surface area contributed by atoms with E-state index in [4.69, 9.17) is 9.47 Å². The van der Waals surface area contributed by atoms with E-state index in [1.165, 1.54) is 25.3 Å². The van der Waals surface area contributed by atoms with Crippen molar-refractivity contribution in [1.82, 2.24) is 39.0 Å². The zero-order valence-corrected chi connectivity index (χ0v) is 22.2. The molecule has 0 aliphatic carbocycles. The van der Waals surface area contributed by atoms with Crippen molar-refractivity contribution in [2.45, 2.75) is 61.9 Å². The minimum absolute atomic E-state index is 0.0613. The lowest BCUT2D eigenvalue weighted by atomic mass is 10.2. The molecule has 18 nitrogen and oxygen atoms in total. The Bertz CT molecular complexity index is 1410. The quantitative estimate of drug-likeness (QED) is 0.0901. The molecule has 0 saturated carbocycles. The van der Waals surface area contributed by atoms with Crippen molar-refractivity contribution in [2.24, 2.45) is 0 Å². The Balaban J connectivity index is 1.07. The van der Waals surface area contributed by atoms with Gasteiger partial charge in [-0.2, -0.15) is 0 Å². The SMILES string of the molecule is OC[C@H]1O[C@@H](n2cnc3c(NC[C@@H](O)[C@H](O)CNc4ncnc5c4ncn5[C@H]4C[C@H](O)[C@@H](CO)O4)ncnc32)C[C@@H]1O. The molecule has 0 aromatic carbocycles. The van der Waals surface area contributed by atoms with E-state index in [0.717, 1.165) is 0 Å². The molecule has 6 heterocycles. The first-order valence-electron chi connectivity index (χ1n) is 13.5. The highest BCUT2D eigenvalue weighted by atomic mass is 16.5. The Hall–Kier alpha value is -3.62. The molecular formula is C24H32N10O8. The third-order valence-electron chi connectivity index (χ3n) is 7.51. The molecule has 8 N–H and O–H groups in total. The lowest BCUT2D eigenvalue weighted by Crippen LogP contribution is -2.37. The topological polar surface area (TPSA) is 251 Å². The number of aliphatic hydroxyl groups excluding tert-OH is 6. The third kappa shape index (κ3) is 5.34. The molecule has 4 aromatic heterocycles. The van der Waals surface area contributed by atoms with Crippen LogP contribution in [0.3, 0.4) is 0 Å². The molecule has 0 bridgehead atoms. The molecule has 0 amide bonds. The molecule has 4 aromatic rings. The Morgan fingerprint density at radius 3 is 1.52 bits per heavy atom. The van der Waals surface area contributed by atoms with Crippen LogP contribution in [0.5, 0.6) is 0 Å². The van der Waals surface area contributed by atoms with Crippen LogP contribution in [-0.2, 0) is 9.47 Å². The largest absolute Gasteiger partial charge is 0.394 e. The van der Waals surface area contributed by atoms with Crippen LogP contribution in [0.4, 0.5) is 11.6 Å². The van der Waals surface area contributed by atoms with Crippen molar-refractivity contribution in [1.29, 1.82) is 0 Å². The fourth-order valence-electron chi connectivity index (χ4n) is 5.16. The van der Waals surface area contributed by atoms with E-state index >= 15 is 0 Å². The van der Waals surface area contributed by atoms with E-state index < -0.39 is 49.1 Å². The molecule has 226 valence electrons. The van der Waals surface area contributed by atoms with Crippen molar-refractivity contribution >= 4 is 34.0 Å². The lowest BCUT2D eigenvalue weighted by Gasteiger charge is -2.19. The zero-order chi connectivity index (χ0) is 29.4. The predicted octanol–water partition coefficient (Wildman–Crippen LogP) is -2.51. The summed E-state index contributed by atoms with van der Waals surface area (Å²) in [6, 6.07) is 0. The van der Waals surface area contributed by atoms with Crippen molar-refractivity contribution in [2.75, 3.05) is 36.9 Å². The fourth-order valence-corrected chi connectivity index (χ4v) is 5.16. The van der Waals surface area contributed by atoms with Crippen molar-refractivity contribution in [3.05, 3.63) is 25.3 Å². The van der Waals surface area contributed by atoms with Gasteiger partial charge in [-0.15, -0.1) is 0 Å². The number of hydrogen-bond donors (Lipinski definition) is 8. The predicted molar refractivity (Wildman–Crippen MR) is 143 cm³/mol. The van der Waals surface area contributed by atoms with Crippen LogP contribution in [0.25, 0.3) is 22.3 Å². The molecule has 0 radical (unpaired) electrons. The van der Waals surface area contributed by atoms with E-state index in [9.17, 15) is 30.6 Å². The van der Waals surface area contributed by atoms with Gasteiger partial charge in [0.25, 0.3) is 0 Å². The van der Waals surface area contributed by atoms with Crippen LogP contribution in [0.1, 0.15) is 25.3 Å². The molecule has 6 rings (SSSR count). The number of anilines is 2. The van der Waals surface area contributed by atoms with Gasteiger partial charge >= 0.3 is 0 Å². The molecule has 0 unspecified atom stereocenters. The highest BCUT2D eigenvalue weighted by Crippen LogP contribution is 2.33. The maximum atomic E-state index is 10.6. The summed E-state index contributed by atoms with van der Waals surface area (Å²) < 4.78 is 14.7. The van der Waals surface area contributed by atoms with Crippen LogP contribution in [0, 0.1) is 0 Å². The van der Waals surface area contributed by atoms with Gasteiger partial charge in [0.15, 0.2) is 34.0 Å². The van der Waals surface area contributed by atoms with Crippen LogP contribution >= 0.6 is 0 Å². The highest BCUT2D eigenvalue weighted by molar-refractivity contribution is 5.83. The molecule has 2 aliphatic heterocycles.